The van der Waals surface area contributed by atoms with Gasteiger partial charge in [0.1, 0.15) is 5.75 Å². The fraction of sp³-hybridized carbons (Fsp3) is 0.571. The molecule has 1 aromatic carbocycles. The molecule has 2 nitrogen and oxygen atoms in total. The van der Waals surface area contributed by atoms with Gasteiger partial charge in [-0.1, -0.05) is 18.1 Å². The summed E-state index contributed by atoms with van der Waals surface area (Å²) in [4.78, 5) is 0. The number of benzene rings is 1. The quantitative estimate of drug-likeness (QED) is 0.868. The Bertz CT molecular complexity index is 415. The van der Waals surface area contributed by atoms with E-state index in [1.54, 1.807) is 13.0 Å². The van der Waals surface area contributed by atoms with Crippen molar-refractivity contribution >= 4 is 0 Å². The predicted octanol–water partition coefficient (Wildman–Crippen LogP) is 3.32. The van der Waals surface area contributed by atoms with E-state index in [2.05, 4.69) is 5.32 Å². The first-order valence-electron chi connectivity index (χ1n) is 6.42. The van der Waals surface area contributed by atoms with Crippen molar-refractivity contribution in [1.82, 2.24) is 5.32 Å². The summed E-state index contributed by atoms with van der Waals surface area (Å²) in [5.74, 6) is -0.233. The van der Waals surface area contributed by atoms with Crippen LogP contribution in [0, 0.1) is 6.92 Å². The molecular formula is C14H19F2NO. The molecule has 1 atom stereocenters. The Morgan fingerprint density at radius 1 is 1.39 bits per heavy atom. The number of alkyl halides is 2. The third kappa shape index (κ3) is 2.99. The molecule has 18 heavy (non-hydrogen) atoms. The Hall–Kier alpha value is -1.16. The number of halogens is 2. The van der Waals surface area contributed by atoms with Gasteiger partial charge in [-0.2, -0.15) is 0 Å². The Morgan fingerprint density at radius 2 is 2.17 bits per heavy atom. The molecule has 2 N–H and O–H groups in total. The van der Waals surface area contributed by atoms with E-state index < -0.39 is 6.43 Å². The molecule has 1 aromatic rings. The van der Waals surface area contributed by atoms with Crippen LogP contribution in [0.4, 0.5) is 8.78 Å². The Labute approximate surface area is 106 Å². The van der Waals surface area contributed by atoms with Crippen LogP contribution in [-0.4, -0.2) is 17.7 Å². The van der Waals surface area contributed by atoms with Crippen molar-refractivity contribution in [2.75, 3.05) is 6.54 Å². The van der Waals surface area contributed by atoms with Gasteiger partial charge in [-0.15, -0.1) is 0 Å². The zero-order valence-corrected chi connectivity index (χ0v) is 10.5. The fourth-order valence-electron chi connectivity index (χ4n) is 2.57. The zero-order chi connectivity index (χ0) is 13.1. The van der Waals surface area contributed by atoms with Crippen LogP contribution in [0.5, 0.6) is 5.75 Å². The molecule has 0 spiro atoms. The molecule has 2 rings (SSSR count). The van der Waals surface area contributed by atoms with Crippen molar-refractivity contribution in [2.24, 2.45) is 0 Å². The van der Waals surface area contributed by atoms with Gasteiger partial charge in [0.25, 0.3) is 6.43 Å². The Kier molecular flexibility index (Phi) is 4.17. The van der Waals surface area contributed by atoms with E-state index in [-0.39, 0.29) is 17.4 Å². The number of rotatable bonds is 3. The second kappa shape index (κ2) is 5.65. The second-order valence-corrected chi connectivity index (χ2v) is 5.01. The van der Waals surface area contributed by atoms with E-state index in [0.717, 1.165) is 24.9 Å². The Balaban J connectivity index is 2.21. The molecule has 0 aliphatic carbocycles. The zero-order valence-electron chi connectivity index (χ0n) is 10.5. The minimum absolute atomic E-state index is 0.233. The topological polar surface area (TPSA) is 32.3 Å². The average Bonchev–Trinajstić information content (AvgIpc) is 2.34. The minimum Gasteiger partial charge on any atom is -0.507 e. The maximum Gasteiger partial charge on any atom is 0.267 e. The van der Waals surface area contributed by atoms with Crippen LogP contribution in [0.3, 0.4) is 0 Å². The normalized spacial score (nSPS) is 20.3. The summed E-state index contributed by atoms with van der Waals surface area (Å²) in [6, 6.07) is 3.45. The van der Waals surface area contributed by atoms with Crippen LogP contribution in [-0.2, 0) is 6.42 Å². The molecular weight excluding hydrogens is 236 g/mol. The number of aryl methyl sites for hydroxylation is 1. The maximum atomic E-state index is 12.8. The molecule has 0 aromatic heterocycles. The van der Waals surface area contributed by atoms with Gasteiger partial charge >= 0.3 is 0 Å². The van der Waals surface area contributed by atoms with Crippen LogP contribution in [0.25, 0.3) is 0 Å². The predicted molar refractivity (Wildman–Crippen MR) is 67.1 cm³/mol. The molecule has 0 amide bonds. The third-order valence-electron chi connectivity index (χ3n) is 3.48. The third-order valence-corrected chi connectivity index (χ3v) is 3.48. The van der Waals surface area contributed by atoms with Crippen LogP contribution in [0.1, 0.15) is 42.4 Å². The monoisotopic (exact) mass is 255 g/mol. The summed E-state index contributed by atoms with van der Waals surface area (Å²) in [7, 11) is 0. The van der Waals surface area contributed by atoms with Crippen molar-refractivity contribution in [1.29, 1.82) is 0 Å². The first-order chi connectivity index (χ1) is 8.58. The van der Waals surface area contributed by atoms with Gasteiger partial charge in [-0.05, 0) is 44.4 Å². The van der Waals surface area contributed by atoms with Crippen LogP contribution < -0.4 is 5.32 Å². The van der Waals surface area contributed by atoms with Crippen molar-refractivity contribution in [3.63, 3.8) is 0 Å². The SMILES string of the molecule is Cc1cc(CC2CCCCN2)c(O)c(C(F)F)c1. The van der Waals surface area contributed by atoms with Crippen molar-refractivity contribution in [3.05, 3.63) is 28.8 Å². The number of hydrogen-bond donors (Lipinski definition) is 2. The molecule has 0 radical (unpaired) electrons. The number of phenolic OH excluding ortho intramolecular Hbond substituents is 1. The summed E-state index contributed by atoms with van der Waals surface area (Å²) in [5, 5.41) is 13.3. The van der Waals surface area contributed by atoms with Gasteiger partial charge in [0.2, 0.25) is 0 Å². The highest BCUT2D eigenvalue weighted by atomic mass is 19.3. The number of nitrogens with one attached hydrogen (secondary N) is 1. The molecule has 0 bridgehead atoms. The van der Waals surface area contributed by atoms with Crippen molar-refractivity contribution < 1.29 is 13.9 Å². The number of phenols is 1. The molecule has 0 saturated carbocycles. The average molecular weight is 255 g/mol. The summed E-state index contributed by atoms with van der Waals surface area (Å²) < 4.78 is 25.6. The molecule has 1 saturated heterocycles. The van der Waals surface area contributed by atoms with Crippen molar-refractivity contribution in [3.8, 4) is 5.75 Å². The van der Waals surface area contributed by atoms with Crippen LogP contribution in [0.15, 0.2) is 12.1 Å². The fourth-order valence-corrected chi connectivity index (χ4v) is 2.57. The van der Waals surface area contributed by atoms with E-state index in [9.17, 15) is 13.9 Å². The van der Waals surface area contributed by atoms with E-state index in [0.29, 0.717) is 12.0 Å². The molecule has 1 unspecified atom stereocenters. The minimum atomic E-state index is -2.62. The second-order valence-electron chi connectivity index (χ2n) is 5.01. The lowest BCUT2D eigenvalue weighted by molar-refractivity contribution is 0.147. The molecule has 1 fully saturated rings. The molecule has 1 aliphatic rings. The molecule has 1 heterocycles. The maximum absolute atomic E-state index is 12.8. The van der Waals surface area contributed by atoms with Gasteiger partial charge in [-0.25, -0.2) is 8.78 Å². The lowest BCUT2D eigenvalue weighted by Crippen LogP contribution is -2.35. The van der Waals surface area contributed by atoms with E-state index in [4.69, 9.17) is 0 Å². The van der Waals surface area contributed by atoms with Crippen LogP contribution in [0.2, 0.25) is 0 Å². The van der Waals surface area contributed by atoms with Gasteiger partial charge in [0.15, 0.2) is 0 Å². The highest BCUT2D eigenvalue weighted by molar-refractivity contribution is 5.44. The van der Waals surface area contributed by atoms with Crippen molar-refractivity contribution in [2.45, 2.75) is 45.1 Å². The molecule has 4 heteroatoms. The number of aromatic hydroxyl groups is 1. The number of piperidine rings is 1. The van der Waals surface area contributed by atoms with E-state index in [1.165, 1.54) is 12.5 Å². The first kappa shape index (κ1) is 13.3. The molecule has 1 aliphatic heterocycles. The van der Waals surface area contributed by atoms with E-state index in [1.807, 2.05) is 0 Å². The van der Waals surface area contributed by atoms with Gasteiger partial charge in [-0.3, -0.25) is 0 Å². The van der Waals surface area contributed by atoms with Gasteiger partial charge in [0.05, 0.1) is 5.56 Å². The standard InChI is InChI=1S/C14H19F2NO/c1-9-6-10(8-11-4-2-3-5-17-11)13(18)12(7-9)14(15)16/h6-7,11,14,17-18H,2-5,8H2,1H3. The highest BCUT2D eigenvalue weighted by Crippen LogP contribution is 2.33. The summed E-state index contributed by atoms with van der Waals surface area (Å²) >= 11 is 0. The van der Waals surface area contributed by atoms with Gasteiger partial charge in [0, 0.05) is 6.04 Å². The summed E-state index contributed by atoms with van der Waals surface area (Å²) in [5.41, 5.74) is 1.15. The first-order valence-corrected chi connectivity index (χ1v) is 6.42. The van der Waals surface area contributed by atoms with Crippen LogP contribution >= 0.6 is 0 Å². The Morgan fingerprint density at radius 3 is 2.78 bits per heavy atom. The number of hydrogen-bond acceptors (Lipinski definition) is 2. The summed E-state index contributed by atoms with van der Waals surface area (Å²) in [6.45, 7) is 2.75. The molecule has 100 valence electrons. The lowest BCUT2D eigenvalue weighted by atomic mass is 9.94. The summed E-state index contributed by atoms with van der Waals surface area (Å²) in [6.07, 6.45) is 1.36. The largest absolute Gasteiger partial charge is 0.507 e. The highest BCUT2D eigenvalue weighted by Gasteiger charge is 2.20. The lowest BCUT2D eigenvalue weighted by Gasteiger charge is -2.24. The van der Waals surface area contributed by atoms with E-state index >= 15 is 0 Å². The smallest absolute Gasteiger partial charge is 0.267 e. The van der Waals surface area contributed by atoms with Gasteiger partial charge < -0.3 is 10.4 Å².